The molecule has 0 aliphatic carbocycles. The SMILES string of the molecule is C=C(C(=O)OC1(C(F)(F)F)CC(C)(C(F)(F)F)OC(O)(C(F)(F)F)C1(F)F)C(F)(F)F. The molecule has 182 valence electrons. The normalized spacial score (nSPS) is 32.5. The highest BCUT2D eigenvalue weighted by atomic mass is 19.4. The average molecular weight is 494 g/mol. The fourth-order valence-corrected chi connectivity index (χ4v) is 2.45. The molecule has 1 heterocycles. The maximum absolute atomic E-state index is 14.4. The van der Waals surface area contributed by atoms with Crippen LogP contribution in [0, 0.1) is 0 Å². The zero-order valence-corrected chi connectivity index (χ0v) is 14.4. The molecule has 1 N–H and O–H groups in total. The fourth-order valence-electron chi connectivity index (χ4n) is 2.45. The molecule has 1 aliphatic rings. The van der Waals surface area contributed by atoms with E-state index in [1.807, 2.05) is 6.58 Å². The van der Waals surface area contributed by atoms with E-state index < -0.39 is 72.5 Å². The van der Waals surface area contributed by atoms with Crippen molar-refractivity contribution in [2.45, 2.75) is 61.0 Å². The Morgan fingerprint density at radius 2 is 1.32 bits per heavy atom. The summed E-state index contributed by atoms with van der Waals surface area (Å²) in [5, 5.41) is 9.21. The van der Waals surface area contributed by atoms with Gasteiger partial charge in [0, 0.05) is 6.42 Å². The van der Waals surface area contributed by atoms with Gasteiger partial charge in [0.1, 0.15) is 5.57 Å². The van der Waals surface area contributed by atoms with Gasteiger partial charge in [-0.25, -0.2) is 4.79 Å². The zero-order chi connectivity index (χ0) is 25.3. The number of rotatable bonds is 2. The van der Waals surface area contributed by atoms with Gasteiger partial charge in [-0.15, -0.1) is 0 Å². The Labute approximate surface area is 161 Å². The lowest BCUT2D eigenvalue weighted by Gasteiger charge is -2.56. The lowest BCUT2D eigenvalue weighted by molar-refractivity contribution is -0.534. The van der Waals surface area contributed by atoms with E-state index in [0.29, 0.717) is 0 Å². The Morgan fingerprint density at radius 1 is 0.903 bits per heavy atom. The molecular formula is C13H8F14O4. The van der Waals surface area contributed by atoms with Crippen LogP contribution >= 0.6 is 0 Å². The number of hydrogen-bond donors (Lipinski definition) is 1. The van der Waals surface area contributed by atoms with Crippen molar-refractivity contribution < 1.29 is 80.8 Å². The van der Waals surface area contributed by atoms with Crippen LogP contribution in [0.15, 0.2) is 12.2 Å². The second kappa shape index (κ2) is 6.82. The number of carbonyl (C=O) groups is 1. The molecule has 0 bridgehead atoms. The van der Waals surface area contributed by atoms with Crippen molar-refractivity contribution in [1.82, 2.24) is 0 Å². The maximum Gasteiger partial charge on any atom is 0.449 e. The van der Waals surface area contributed by atoms with Crippen molar-refractivity contribution in [3.8, 4) is 0 Å². The van der Waals surface area contributed by atoms with Crippen LogP contribution in [0.4, 0.5) is 61.5 Å². The Kier molecular flexibility index (Phi) is 5.98. The van der Waals surface area contributed by atoms with Gasteiger partial charge in [0.2, 0.25) is 0 Å². The Balaban J connectivity index is 3.96. The molecule has 1 rings (SSSR count). The first-order chi connectivity index (χ1) is 13.2. The molecule has 3 atom stereocenters. The highest BCUT2D eigenvalue weighted by Gasteiger charge is 2.92. The Hall–Kier alpha value is -1.85. The number of aliphatic hydroxyl groups is 1. The van der Waals surface area contributed by atoms with Crippen LogP contribution < -0.4 is 0 Å². The lowest BCUT2D eigenvalue weighted by atomic mass is 9.74. The van der Waals surface area contributed by atoms with Crippen molar-refractivity contribution in [3.63, 3.8) is 0 Å². The Morgan fingerprint density at radius 3 is 1.61 bits per heavy atom. The van der Waals surface area contributed by atoms with Crippen LogP contribution in [0.25, 0.3) is 0 Å². The number of alkyl halides is 14. The molecule has 1 fully saturated rings. The molecule has 3 unspecified atom stereocenters. The van der Waals surface area contributed by atoms with Crippen LogP contribution in [-0.2, 0) is 14.3 Å². The Bertz CT molecular complexity index is 747. The highest BCUT2D eigenvalue weighted by Crippen LogP contribution is 2.64. The maximum atomic E-state index is 14.4. The molecule has 31 heavy (non-hydrogen) atoms. The molecule has 0 aromatic carbocycles. The molecule has 1 aliphatic heterocycles. The van der Waals surface area contributed by atoms with Gasteiger partial charge in [0.15, 0.2) is 5.60 Å². The smallest absolute Gasteiger partial charge is 0.439 e. The number of esters is 1. The van der Waals surface area contributed by atoms with E-state index in [9.17, 15) is 71.4 Å². The molecular weight excluding hydrogens is 486 g/mol. The van der Waals surface area contributed by atoms with Crippen LogP contribution in [0.2, 0.25) is 0 Å². The van der Waals surface area contributed by atoms with E-state index in [0.717, 1.165) is 0 Å². The molecule has 18 heteroatoms. The minimum Gasteiger partial charge on any atom is -0.439 e. The van der Waals surface area contributed by atoms with Crippen LogP contribution in [0.1, 0.15) is 13.3 Å². The van der Waals surface area contributed by atoms with Crippen molar-refractivity contribution in [1.29, 1.82) is 0 Å². The molecule has 0 aromatic rings. The third kappa shape index (κ3) is 3.91. The van der Waals surface area contributed by atoms with Gasteiger partial charge in [-0.1, -0.05) is 6.58 Å². The third-order valence-electron chi connectivity index (χ3n) is 4.19. The van der Waals surface area contributed by atoms with Crippen LogP contribution in [0.5, 0.6) is 0 Å². The molecule has 0 radical (unpaired) electrons. The first-order valence-electron chi connectivity index (χ1n) is 7.20. The number of carbonyl (C=O) groups excluding carboxylic acids is 1. The first-order valence-corrected chi connectivity index (χ1v) is 7.20. The van der Waals surface area contributed by atoms with Crippen LogP contribution in [0.3, 0.4) is 0 Å². The summed E-state index contributed by atoms with van der Waals surface area (Å²) < 4.78 is 191. The second-order valence-electron chi connectivity index (χ2n) is 6.41. The van der Waals surface area contributed by atoms with E-state index in [-0.39, 0.29) is 0 Å². The van der Waals surface area contributed by atoms with Gasteiger partial charge in [0.25, 0.3) is 5.60 Å². The third-order valence-corrected chi connectivity index (χ3v) is 4.19. The zero-order valence-electron chi connectivity index (χ0n) is 14.4. The topological polar surface area (TPSA) is 55.8 Å². The summed E-state index contributed by atoms with van der Waals surface area (Å²) in [6.07, 6.45) is -30.0. The second-order valence-corrected chi connectivity index (χ2v) is 6.41. The molecule has 0 amide bonds. The number of hydrogen-bond acceptors (Lipinski definition) is 4. The van der Waals surface area contributed by atoms with E-state index in [4.69, 9.17) is 0 Å². The predicted molar refractivity (Wildman–Crippen MR) is 66.2 cm³/mol. The van der Waals surface area contributed by atoms with Gasteiger partial charge in [-0.05, 0) is 6.92 Å². The summed E-state index contributed by atoms with van der Waals surface area (Å²) in [4.78, 5) is 11.4. The average Bonchev–Trinajstić information content (AvgIpc) is 2.47. The van der Waals surface area contributed by atoms with E-state index >= 15 is 0 Å². The standard InChI is InChI=1S/C13H8F14O4/c1-4(8(14,15)16)5(28)30-7(12(22,23)24)3-6(2,11(19,20)21)31-10(29,9(7,17)18)13(25,26)27/h29H,1,3H2,2H3. The summed E-state index contributed by atoms with van der Waals surface area (Å²) in [5.41, 5.74) is -14.2. The monoisotopic (exact) mass is 494 g/mol. The van der Waals surface area contributed by atoms with Crippen molar-refractivity contribution in [2.75, 3.05) is 0 Å². The summed E-state index contributed by atoms with van der Waals surface area (Å²) in [5.74, 6) is -17.1. The molecule has 0 aromatic heterocycles. The molecule has 1 saturated heterocycles. The van der Waals surface area contributed by atoms with Crippen molar-refractivity contribution in [3.05, 3.63) is 12.2 Å². The highest BCUT2D eigenvalue weighted by molar-refractivity contribution is 5.89. The molecule has 0 spiro atoms. The fraction of sp³-hybridized carbons (Fsp3) is 0.769. The van der Waals surface area contributed by atoms with Gasteiger partial charge in [-0.3, -0.25) is 0 Å². The largest absolute Gasteiger partial charge is 0.449 e. The van der Waals surface area contributed by atoms with Gasteiger partial charge in [-0.2, -0.15) is 61.5 Å². The van der Waals surface area contributed by atoms with Gasteiger partial charge < -0.3 is 14.6 Å². The van der Waals surface area contributed by atoms with E-state index in [1.54, 1.807) is 0 Å². The predicted octanol–water partition coefficient (Wildman–Crippen LogP) is 4.58. The minimum atomic E-state index is -7.10. The summed E-state index contributed by atoms with van der Waals surface area (Å²) in [6.45, 7) is 1.23. The van der Waals surface area contributed by atoms with E-state index in [1.165, 1.54) is 0 Å². The summed E-state index contributed by atoms with van der Waals surface area (Å²) in [6, 6.07) is 0. The van der Waals surface area contributed by atoms with Crippen molar-refractivity contribution in [2.24, 2.45) is 0 Å². The summed E-state index contributed by atoms with van der Waals surface area (Å²) in [7, 11) is 0. The lowest BCUT2D eigenvalue weighted by Crippen LogP contribution is -2.82. The quantitative estimate of drug-likeness (QED) is 0.347. The van der Waals surface area contributed by atoms with Gasteiger partial charge in [0.05, 0.1) is 0 Å². The summed E-state index contributed by atoms with van der Waals surface area (Å²) >= 11 is 0. The molecule has 4 nitrogen and oxygen atoms in total. The molecule has 0 saturated carbocycles. The van der Waals surface area contributed by atoms with Crippen LogP contribution in [-0.4, -0.2) is 58.7 Å². The van der Waals surface area contributed by atoms with Crippen molar-refractivity contribution >= 4 is 5.97 Å². The minimum absolute atomic E-state index is 0.647. The number of halogens is 14. The van der Waals surface area contributed by atoms with E-state index in [2.05, 4.69) is 9.47 Å². The number of ether oxygens (including phenoxy) is 2. The first kappa shape index (κ1) is 27.2. The van der Waals surface area contributed by atoms with Gasteiger partial charge >= 0.3 is 42.4 Å².